The van der Waals surface area contributed by atoms with Crippen molar-refractivity contribution in [3.63, 3.8) is 0 Å². The molecule has 0 saturated carbocycles. The third kappa shape index (κ3) is 3.34. The smallest absolute Gasteiger partial charge is 0.323 e. The summed E-state index contributed by atoms with van der Waals surface area (Å²) in [6, 6.07) is 10.9. The highest BCUT2D eigenvalue weighted by atomic mass is 16.5. The van der Waals surface area contributed by atoms with Gasteiger partial charge in [0, 0.05) is 18.2 Å². The van der Waals surface area contributed by atoms with Crippen molar-refractivity contribution >= 4 is 11.6 Å². The molecule has 0 fully saturated rings. The van der Waals surface area contributed by atoms with E-state index in [0.29, 0.717) is 6.42 Å². The predicted octanol–water partition coefficient (Wildman–Crippen LogP) is 2.36. The fraction of sp³-hybridized carbons (Fsp3) is 0.263. The van der Waals surface area contributed by atoms with Gasteiger partial charge in [0.15, 0.2) is 0 Å². The number of carbonyl (C=O) groups is 1. The van der Waals surface area contributed by atoms with Crippen molar-refractivity contribution in [2.45, 2.75) is 19.4 Å². The number of fused-ring (bicyclic) bond motifs is 1. The number of methoxy groups -OCH3 is 2. The first-order chi connectivity index (χ1) is 12.0. The van der Waals surface area contributed by atoms with Crippen molar-refractivity contribution in [3.8, 4) is 17.0 Å². The summed E-state index contributed by atoms with van der Waals surface area (Å²) in [5.41, 5.74) is 10.5. The predicted molar refractivity (Wildman–Crippen MR) is 95.6 cm³/mol. The highest BCUT2D eigenvalue weighted by Gasteiger charge is 2.21. The summed E-state index contributed by atoms with van der Waals surface area (Å²) >= 11 is 0. The molecule has 3 aromatic rings. The van der Waals surface area contributed by atoms with Crippen LogP contribution in [0.1, 0.15) is 11.3 Å². The Kier molecular flexibility index (Phi) is 4.72. The SMILES string of the molecule is COC(=O)C(N)Cc1c(-c2cccc(OC)c2)nc2cc(C)ccn12. The minimum Gasteiger partial charge on any atom is -0.497 e. The van der Waals surface area contributed by atoms with Crippen molar-refractivity contribution in [1.29, 1.82) is 0 Å². The molecule has 2 N–H and O–H groups in total. The molecule has 0 amide bonds. The molecule has 0 saturated heterocycles. The Morgan fingerprint density at radius 1 is 1.28 bits per heavy atom. The molecule has 6 nitrogen and oxygen atoms in total. The van der Waals surface area contributed by atoms with Gasteiger partial charge in [-0.05, 0) is 36.8 Å². The fourth-order valence-electron chi connectivity index (χ4n) is 2.84. The summed E-state index contributed by atoms with van der Waals surface area (Å²) in [5.74, 6) is 0.299. The van der Waals surface area contributed by atoms with E-state index in [2.05, 4.69) is 0 Å². The lowest BCUT2D eigenvalue weighted by atomic mass is 10.1. The minimum absolute atomic E-state index is 0.323. The molecule has 0 aliphatic heterocycles. The van der Waals surface area contributed by atoms with Crippen molar-refractivity contribution in [3.05, 3.63) is 53.9 Å². The van der Waals surface area contributed by atoms with Crippen LogP contribution in [0.5, 0.6) is 5.75 Å². The molecule has 0 aliphatic carbocycles. The van der Waals surface area contributed by atoms with E-state index >= 15 is 0 Å². The Morgan fingerprint density at radius 2 is 2.08 bits per heavy atom. The summed E-state index contributed by atoms with van der Waals surface area (Å²) in [5, 5.41) is 0. The summed E-state index contributed by atoms with van der Waals surface area (Å²) in [4.78, 5) is 16.5. The fourth-order valence-corrected chi connectivity index (χ4v) is 2.84. The summed E-state index contributed by atoms with van der Waals surface area (Å²) in [7, 11) is 2.96. The van der Waals surface area contributed by atoms with Crippen molar-refractivity contribution in [2.75, 3.05) is 14.2 Å². The summed E-state index contributed by atoms with van der Waals surface area (Å²) in [6.45, 7) is 2.01. The first-order valence-corrected chi connectivity index (χ1v) is 7.99. The maximum Gasteiger partial charge on any atom is 0.323 e. The molecular formula is C19H21N3O3. The third-order valence-corrected chi connectivity index (χ3v) is 4.14. The lowest BCUT2D eigenvalue weighted by Gasteiger charge is -2.11. The first kappa shape index (κ1) is 17.0. The number of nitrogens with two attached hydrogens (primary N) is 1. The van der Waals surface area contributed by atoms with E-state index < -0.39 is 12.0 Å². The highest BCUT2D eigenvalue weighted by Crippen LogP contribution is 2.28. The van der Waals surface area contributed by atoms with Gasteiger partial charge < -0.3 is 19.6 Å². The molecule has 2 heterocycles. The number of hydrogen-bond acceptors (Lipinski definition) is 5. The zero-order valence-electron chi connectivity index (χ0n) is 14.5. The topological polar surface area (TPSA) is 78.8 Å². The number of aromatic nitrogens is 2. The zero-order valence-corrected chi connectivity index (χ0v) is 14.5. The van der Waals surface area contributed by atoms with Crippen LogP contribution >= 0.6 is 0 Å². The van der Waals surface area contributed by atoms with Crippen molar-refractivity contribution in [1.82, 2.24) is 9.38 Å². The van der Waals surface area contributed by atoms with Crippen LogP contribution in [0.3, 0.4) is 0 Å². The van der Waals surface area contributed by atoms with Crippen LogP contribution in [0.25, 0.3) is 16.9 Å². The van der Waals surface area contributed by atoms with Crippen LogP contribution in [0, 0.1) is 6.92 Å². The zero-order chi connectivity index (χ0) is 18.0. The van der Waals surface area contributed by atoms with E-state index in [9.17, 15) is 4.79 Å². The van der Waals surface area contributed by atoms with Crippen LogP contribution < -0.4 is 10.5 Å². The van der Waals surface area contributed by atoms with Gasteiger partial charge >= 0.3 is 5.97 Å². The molecule has 3 rings (SSSR count). The number of aryl methyl sites for hydroxylation is 1. The van der Waals surface area contributed by atoms with Crippen molar-refractivity contribution in [2.24, 2.45) is 5.73 Å². The van der Waals surface area contributed by atoms with Gasteiger partial charge in [-0.3, -0.25) is 4.79 Å². The van der Waals surface area contributed by atoms with Gasteiger partial charge in [0.2, 0.25) is 0 Å². The second-order valence-corrected chi connectivity index (χ2v) is 5.91. The van der Waals surface area contributed by atoms with Gasteiger partial charge in [-0.25, -0.2) is 4.98 Å². The first-order valence-electron chi connectivity index (χ1n) is 7.99. The van der Waals surface area contributed by atoms with Gasteiger partial charge in [0.1, 0.15) is 17.4 Å². The number of esters is 1. The highest BCUT2D eigenvalue weighted by molar-refractivity contribution is 5.77. The summed E-state index contributed by atoms with van der Waals surface area (Å²) in [6.07, 6.45) is 2.27. The monoisotopic (exact) mass is 339 g/mol. The molecule has 0 bridgehead atoms. The maximum atomic E-state index is 11.8. The molecule has 1 unspecified atom stereocenters. The lowest BCUT2D eigenvalue weighted by molar-refractivity contribution is -0.142. The Morgan fingerprint density at radius 3 is 2.80 bits per heavy atom. The second-order valence-electron chi connectivity index (χ2n) is 5.91. The maximum absolute atomic E-state index is 11.8. The van der Waals surface area contributed by atoms with Gasteiger partial charge in [-0.1, -0.05) is 12.1 Å². The average molecular weight is 339 g/mol. The van der Waals surface area contributed by atoms with Crippen LogP contribution in [-0.4, -0.2) is 35.6 Å². The summed E-state index contributed by atoms with van der Waals surface area (Å²) < 4.78 is 12.0. The minimum atomic E-state index is -0.754. The largest absolute Gasteiger partial charge is 0.497 e. The Bertz CT molecular complexity index is 917. The van der Waals surface area contributed by atoms with E-state index in [1.54, 1.807) is 7.11 Å². The van der Waals surface area contributed by atoms with Gasteiger partial charge in [0.25, 0.3) is 0 Å². The molecule has 2 aromatic heterocycles. The van der Waals surface area contributed by atoms with Crippen LogP contribution in [0.4, 0.5) is 0 Å². The Labute approximate surface area is 146 Å². The number of benzene rings is 1. The number of nitrogens with zero attached hydrogens (tertiary/aromatic N) is 2. The van der Waals surface area contributed by atoms with Gasteiger partial charge in [-0.15, -0.1) is 0 Å². The van der Waals surface area contributed by atoms with E-state index in [-0.39, 0.29) is 0 Å². The van der Waals surface area contributed by atoms with E-state index in [1.807, 2.05) is 53.9 Å². The van der Waals surface area contributed by atoms with Gasteiger partial charge in [0.05, 0.1) is 25.6 Å². The van der Waals surface area contributed by atoms with Crippen LogP contribution in [-0.2, 0) is 16.0 Å². The van der Waals surface area contributed by atoms with Crippen molar-refractivity contribution < 1.29 is 14.3 Å². The third-order valence-electron chi connectivity index (χ3n) is 4.14. The van der Waals surface area contributed by atoms with Crippen LogP contribution in [0.2, 0.25) is 0 Å². The molecule has 0 spiro atoms. The molecule has 6 heteroatoms. The number of hydrogen-bond donors (Lipinski definition) is 1. The number of ether oxygens (including phenoxy) is 2. The number of pyridine rings is 1. The Balaban J connectivity index is 2.15. The molecule has 1 atom stereocenters. The second kappa shape index (κ2) is 6.94. The quantitative estimate of drug-likeness (QED) is 0.722. The molecule has 130 valence electrons. The number of rotatable bonds is 5. The average Bonchev–Trinajstić information content (AvgIpc) is 2.98. The molecular weight excluding hydrogens is 318 g/mol. The Hall–Kier alpha value is -2.86. The number of carbonyl (C=O) groups excluding carboxylic acids is 1. The molecule has 25 heavy (non-hydrogen) atoms. The normalized spacial score (nSPS) is 12.2. The van der Waals surface area contributed by atoms with Crippen LogP contribution in [0.15, 0.2) is 42.6 Å². The lowest BCUT2D eigenvalue weighted by Crippen LogP contribution is -2.34. The molecule has 1 aromatic carbocycles. The number of imidazole rings is 1. The van der Waals surface area contributed by atoms with Gasteiger partial charge in [-0.2, -0.15) is 0 Å². The molecule has 0 radical (unpaired) electrons. The molecule has 0 aliphatic rings. The van der Waals surface area contributed by atoms with E-state index in [0.717, 1.165) is 33.9 Å². The van der Waals surface area contributed by atoms with E-state index in [1.165, 1.54) is 7.11 Å². The standard InChI is InChI=1S/C19H21N3O3/c1-12-7-8-22-16(11-15(20)19(23)25-3)18(21-17(22)9-12)13-5-4-6-14(10-13)24-2/h4-10,15H,11,20H2,1-3H3. The van der Waals surface area contributed by atoms with E-state index in [4.69, 9.17) is 20.2 Å².